The van der Waals surface area contributed by atoms with Gasteiger partial charge in [0.2, 0.25) is 11.8 Å². The van der Waals surface area contributed by atoms with Gasteiger partial charge in [0.15, 0.2) is 0 Å². The lowest BCUT2D eigenvalue weighted by atomic mass is 9.81. The first-order chi connectivity index (χ1) is 18.4. The first-order valence-corrected chi connectivity index (χ1v) is 13.7. The number of aromatic nitrogens is 1. The number of carbonyl (C=O) groups excluding carboxylic acids is 3. The number of anilines is 2. The largest absolute Gasteiger partial charge is 0.453 e. The van der Waals surface area contributed by atoms with Crippen molar-refractivity contribution < 1.29 is 19.1 Å². The van der Waals surface area contributed by atoms with Crippen molar-refractivity contribution in [3.8, 4) is 11.1 Å². The van der Waals surface area contributed by atoms with Crippen molar-refractivity contribution in [1.29, 1.82) is 0 Å². The zero-order valence-corrected chi connectivity index (χ0v) is 21.9. The number of nitrogens with two attached hydrogens (primary N) is 1. The average Bonchev–Trinajstić information content (AvgIpc) is 3.64. The van der Waals surface area contributed by atoms with Gasteiger partial charge in [0.25, 0.3) is 0 Å². The Bertz CT molecular complexity index is 1210. The number of nitrogens with one attached hydrogen (secondary N) is 3. The number of amides is 3. The molecule has 9 nitrogen and oxygen atoms in total. The van der Waals surface area contributed by atoms with E-state index in [0.29, 0.717) is 36.2 Å². The summed E-state index contributed by atoms with van der Waals surface area (Å²) in [5.74, 6) is 0.886. The Morgan fingerprint density at radius 2 is 1.95 bits per heavy atom. The second kappa shape index (κ2) is 11.1. The number of hydrogen-bond acceptors (Lipinski definition) is 6. The van der Waals surface area contributed by atoms with Crippen molar-refractivity contribution in [1.82, 2.24) is 10.3 Å². The van der Waals surface area contributed by atoms with E-state index in [4.69, 9.17) is 15.5 Å². The molecule has 9 heteroatoms. The summed E-state index contributed by atoms with van der Waals surface area (Å²) in [7, 11) is 1.30. The van der Waals surface area contributed by atoms with Gasteiger partial charge in [-0.1, -0.05) is 12.5 Å². The van der Waals surface area contributed by atoms with Crippen LogP contribution in [0.1, 0.15) is 63.5 Å². The van der Waals surface area contributed by atoms with Gasteiger partial charge in [-0.05, 0) is 93.2 Å². The minimum atomic E-state index is -0.582. The molecule has 2 aliphatic carbocycles. The van der Waals surface area contributed by atoms with Gasteiger partial charge >= 0.3 is 6.09 Å². The fraction of sp³-hybridized carbons (Fsp3) is 0.517. The maximum atomic E-state index is 13.4. The molecule has 1 aromatic heterocycles. The number of hydrogen-bond donors (Lipinski definition) is 4. The molecule has 5 N–H and O–H groups in total. The molecule has 2 bridgehead atoms. The number of pyridine rings is 1. The highest BCUT2D eigenvalue weighted by Gasteiger charge is 2.57. The van der Waals surface area contributed by atoms with Crippen LogP contribution in [0.4, 0.5) is 16.2 Å². The molecule has 2 saturated carbocycles. The summed E-state index contributed by atoms with van der Waals surface area (Å²) in [6.07, 6.45) is 8.80. The number of benzene rings is 1. The van der Waals surface area contributed by atoms with Crippen LogP contribution in [-0.4, -0.2) is 36.5 Å². The Balaban J connectivity index is 1.46. The highest BCUT2D eigenvalue weighted by atomic mass is 16.5. The van der Waals surface area contributed by atoms with Crippen LogP contribution < -0.4 is 21.7 Å². The summed E-state index contributed by atoms with van der Waals surface area (Å²) in [6, 6.07) is 9.31. The number of rotatable bonds is 4. The Labute approximate surface area is 223 Å². The summed E-state index contributed by atoms with van der Waals surface area (Å²) < 4.78 is 4.71. The lowest BCUT2D eigenvalue weighted by Crippen LogP contribution is -2.42. The molecule has 38 heavy (non-hydrogen) atoms. The molecule has 2 heterocycles. The second-order valence-corrected chi connectivity index (χ2v) is 10.9. The Kier molecular flexibility index (Phi) is 7.65. The fourth-order valence-corrected chi connectivity index (χ4v) is 6.07. The van der Waals surface area contributed by atoms with E-state index in [9.17, 15) is 14.4 Å². The smallest absolute Gasteiger partial charge is 0.411 e. The maximum Gasteiger partial charge on any atom is 0.411 e. The van der Waals surface area contributed by atoms with Gasteiger partial charge in [0.1, 0.15) is 0 Å². The van der Waals surface area contributed by atoms with Gasteiger partial charge in [-0.2, -0.15) is 0 Å². The molecular weight excluding hydrogens is 482 g/mol. The molecule has 3 amide bonds. The van der Waals surface area contributed by atoms with Crippen LogP contribution >= 0.6 is 0 Å². The average molecular weight is 520 g/mol. The molecule has 0 saturated heterocycles. The summed E-state index contributed by atoms with van der Waals surface area (Å²) >= 11 is 0. The Morgan fingerprint density at radius 3 is 2.71 bits per heavy atom. The SMILES string of the molecule is COC(=O)Nc1ccc2c(c1)NC(=O)CCCCC1CC1(NC(=O)C1CCC(CN)CC1)c1cc-2ccn1. The fourth-order valence-electron chi connectivity index (χ4n) is 6.07. The van der Waals surface area contributed by atoms with E-state index >= 15 is 0 Å². The van der Waals surface area contributed by atoms with Crippen molar-refractivity contribution in [2.45, 2.75) is 63.3 Å². The van der Waals surface area contributed by atoms with Crippen LogP contribution in [0.2, 0.25) is 0 Å². The normalized spacial score (nSPS) is 26.7. The Hall–Kier alpha value is -3.46. The van der Waals surface area contributed by atoms with E-state index < -0.39 is 11.6 Å². The van der Waals surface area contributed by atoms with Crippen LogP contribution in [0.5, 0.6) is 0 Å². The molecule has 3 aliphatic rings. The van der Waals surface area contributed by atoms with E-state index in [2.05, 4.69) is 16.0 Å². The summed E-state index contributed by atoms with van der Waals surface area (Å²) in [6.45, 7) is 0.691. The zero-order chi connectivity index (χ0) is 26.7. The number of fused-ring (bicyclic) bond motifs is 6. The molecule has 2 unspecified atom stereocenters. The molecule has 5 rings (SSSR count). The predicted octanol–water partition coefficient (Wildman–Crippen LogP) is 4.54. The molecule has 0 spiro atoms. The number of methoxy groups -OCH3 is 1. The van der Waals surface area contributed by atoms with Crippen LogP contribution in [0.3, 0.4) is 0 Å². The monoisotopic (exact) mass is 519 g/mol. The molecule has 1 aromatic carbocycles. The molecule has 202 valence electrons. The quantitative estimate of drug-likeness (QED) is 0.468. The lowest BCUT2D eigenvalue weighted by Gasteiger charge is -2.29. The third-order valence-electron chi connectivity index (χ3n) is 8.46. The van der Waals surface area contributed by atoms with Crippen LogP contribution in [-0.2, 0) is 19.9 Å². The van der Waals surface area contributed by atoms with Crippen LogP contribution in [0, 0.1) is 17.8 Å². The number of carbonyl (C=O) groups is 3. The number of nitrogens with zero attached hydrogens (tertiary/aromatic N) is 1. The Morgan fingerprint density at radius 1 is 1.13 bits per heavy atom. The van der Waals surface area contributed by atoms with E-state index in [1.54, 1.807) is 18.3 Å². The van der Waals surface area contributed by atoms with Gasteiger partial charge < -0.3 is 21.1 Å². The molecule has 1 aliphatic heterocycles. The highest BCUT2D eigenvalue weighted by Crippen LogP contribution is 2.55. The van der Waals surface area contributed by atoms with E-state index in [1.807, 2.05) is 18.2 Å². The molecule has 2 aromatic rings. The van der Waals surface area contributed by atoms with Crippen LogP contribution in [0.25, 0.3) is 11.1 Å². The van der Waals surface area contributed by atoms with E-state index in [1.165, 1.54) is 7.11 Å². The van der Waals surface area contributed by atoms with E-state index in [-0.39, 0.29) is 17.7 Å². The van der Waals surface area contributed by atoms with Crippen molar-refractivity contribution in [3.05, 3.63) is 42.2 Å². The summed E-state index contributed by atoms with van der Waals surface area (Å²) in [5.41, 5.74) is 9.05. The summed E-state index contributed by atoms with van der Waals surface area (Å²) in [4.78, 5) is 42.7. The third-order valence-corrected chi connectivity index (χ3v) is 8.46. The van der Waals surface area contributed by atoms with Crippen molar-refractivity contribution in [2.24, 2.45) is 23.5 Å². The standard InChI is InChI=1S/C29H37N5O4/c1-38-28(37)32-22-10-11-23-20-12-13-31-25(14-20)29(34-27(36)19-8-6-18(17-30)7-9-19)16-21(29)4-2-3-5-26(35)33-24(23)15-22/h10-15,18-19,21H,2-9,16-17,30H2,1H3,(H,32,37)(H,33,35)(H,34,36). The van der Waals surface area contributed by atoms with E-state index in [0.717, 1.165) is 68.2 Å². The van der Waals surface area contributed by atoms with Gasteiger partial charge in [-0.3, -0.25) is 19.9 Å². The predicted molar refractivity (Wildman–Crippen MR) is 145 cm³/mol. The molecule has 2 fully saturated rings. The minimum absolute atomic E-state index is 0.0180. The zero-order valence-electron chi connectivity index (χ0n) is 21.9. The highest BCUT2D eigenvalue weighted by molar-refractivity contribution is 5.97. The first-order valence-electron chi connectivity index (χ1n) is 13.7. The second-order valence-electron chi connectivity index (χ2n) is 10.9. The molecule has 2 atom stereocenters. The molecular formula is C29H37N5O4. The van der Waals surface area contributed by atoms with Gasteiger partial charge in [-0.15, -0.1) is 0 Å². The van der Waals surface area contributed by atoms with Crippen molar-refractivity contribution in [3.63, 3.8) is 0 Å². The van der Waals surface area contributed by atoms with Gasteiger partial charge in [0.05, 0.1) is 24.0 Å². The maximum absolute atomic E-state index is 13.4. The van der Waals surface area contributed by atoms with Gasteiger partial charge in [0, 0.05) is 29.8 Å². The third kappa shape index (κ3) is 5.53. The summed E-state index contributed by atoms with van der Waals surface area (Å²) in [5, 5.41) is 9.13. The lowest BCUT2D eigenvalue weighted by molar-refractivity contribution is -0.127. The molecule has 0 radical (unpaired) electrons. The van der Waals surface area contributed by atoms with Crippen molar-refractivity contribution >= 4 is 29.3 Å². The minimum Gasteiger partial charge on any atom is -0.453 e. The topological polar surface area (TPSA) is 135 Å². The first kappa shape index (κ1) is 26.2. The van der Waals surface area contributed by atoms with Gasteiger partial charge in [-0.25, -0.2) is 4.79 Å². The van der Waals surface area contributed by atoms with Crippen molar-refractivity contribution in [2.75, 3.05) is 24.3 Å². The van der Waals surface area contributed by atoms with Crippen LogP contribution in [0.15, 0.2) is 36.5 Å². The number of ether oxygens (including phenoxy) is 1.